The van der Waals surface area contributed by atoms with E-state index in [1.54, 1.807) is 6.92 Å². The molecule has 0 aromatic carbocycles. The van der Waals surface area contributed by atoms with Gasteiger partial charge in [-0.3, -0.25) is 14.4 Å². The molecular formula is C21H30O3. The third-order valence-corrected chi connectivity index (χ3v) is 7.26. The summed E-state index contributed by atoms with van der Waals surface area (Å²) in [6.07, 6.45) is 8.58. The molecule has 24 heavy (non-hydrogen) atoms. The Bertz CT molecular complexity index is 588. The highest BCUT2D eigenvalue weighted by atomic mass is 16.1. The van der Waals surface area contributed by atoms with Crippen molar-refractivity contribution < 1.29 is 14.4 Å². The smallest absolute Gasteiger partial charge is 0.155 e. The molecule has 0 aromatic rings. The number of hydrogen-bond acceptors (Lipinski definition) is 3. The van der Waals surface area contributed by atoms with E-state index in [9.17, 15) is 14.4 Å². The molecule has 0 saturated heterocycles. The highest BCUT2D eigenvalue weighted by molar-refractivity contribution is 5.91. The lowest BCUT2D eigenvalue weighted by atomic mass is 9.59. The number of ketones is 3. The number of allylic oxidation sites excluding steroid dienone is 2. The van der Waals surface area contributed by atoms with E-state index in [2.05, 4.69) is 13.8 Å². The highest BCUT2D eigenvalue weighted by Crippen LogP contribution is 2.57. The van der Waals surface area contributed by atoms with Crippen LogP contribution in [-0.4, -0.2) is 17.3 Å². The van der Waals surface area contributed by atoms with E-state index in [-0.39, 0.29) is 23.0 Å². The molecule has 0 aliphatic heterocycles. The number of carbonyl (C=O) groups excluding carboxylic acids is 3. The lowest BCUT2D eigenvalue weighted by Crippen LogP contribution is -2.43. The van der Waals surface area contributed by atoms with Crippen molar-refractivity contribution in [1.29, 1.82) is 0 Å². The fourth-order valence-electron chi connectivity index (χ4n) is 5.72. The van der Waals surface area contributed by atoms with Gasteiger partial charge in [0.2, 0.25) is 0 Å². The molecule has 132 valence electrons. The van der Waals surface area contributed by atoms with Crippen molar-refractivity contribution in [3.63, 3.8) is 0 Å². The SMILES string of the molecule is CC(=O)[C@H]1CC[C@H]2[C@H](CCC3=CC(=O)CC[C@H]3C)C(=O)CC[C@]12C. The molecule has 2 saturated carbocycles. The van der Waals surface area contributed by atoms with E-state index in [0.717, 1.165) is 38.5 Å². The monoisotopic (exact) mass is 330 g/mol. The molecule has 3 aliphatic carbocycles. The second-order valence-electron chi connectivity index (χ2n) is 8.59. The van der Waals surface area contributed by atoms with E-state index in [1.165, 1.54) is 5.57 Å². The second kappa shape index (κ2) is 6.57. The third kappa shape index (κ3) is 3.02. The van der Waals surface area contributed by atoms with Gasteiger partial charge in [-0.25, -0.2) is 0 Å². The molecule has 0 bridgehead atoms. The summed E-state index contributed by atoms with van der Waals surface area (Å²) in [7, 11) is 0. The van der Waals surface area contributed by atoms with Gasteiger partial charge in [0.25, 0.3) is 0 Å². The first-order valence-electron chi connectivity index (χ1n) is 9.59. The van der Waals surface area contributed by atoms with Crippen LogP contribution >= 0.6 is 0 Å². The van der Waals surface area contributed by atoms with Crippen molar-refractivity contribution in [3.8, 4) is 0 Å². The summed E-state index contributed by atoms with van der Waals surface area (Å²) in [5, 5.41) is 0. The molecular weight excluding hydrogens is 300 g/mol. The number of fused-ring (bicyclic) bond motifs is 1. The van der Waals surface area contributed by atoms with E-state index >= 15 is 0 Å². The summed E-state index contributed by atoms with van der Waals surface area (Å²) in [5.41, 5.74) is 1.24. The van der Waals surface area contributed by atoms with Gasteiger partial charge >= 0.3 is 0 Å². The van der Waals surface area contributed by atoms with Gasteiger partial charge in [0, 0.05) is 24.7 Å². The third-order valence-electron chi connectivity index (χ3n) is 7.26. The average Bonchev–Trinajstić information content (AvgIpc) is 2.87. The normalized spacial score (nSPS) is 39.5. The summed E-state index contributed by atoms with van der Waals surface area (Å²) in [4.78, 5) is 36.4. The first-order chi connectivity index (χ1) is 11.3. The fourth-order valence-corrected chi connectivity index (χ4v) is 5.72. The van der Waals surface area contributed by atoms with Gasteiger partial charge < -0.3 is 0 Å². The van der Waals surface area contributed by atoms with Gasteiger partial charge in [0.15, 0.2) is 5.78 Å². The highest BCUT2D eigenvalue weighted by Gasteiger charge is 2.54. The molecule has 0 spiro atoms. The van der Waals surface area contributed by atoms with Gasteiger partial charge in [-0.05, 0) is 68.8 Å². The zero-order chi connectivity index (χ0) is 17.5. The largest absolute Gasteiger partial charge is 0.300 e. The van der Waals surface area contributed by atoms with Gasteiger partial charge in [-0.15, -0.1) is 0 Å². The lowest BCUT2D eigenvalue weighted by Gasteiger charge is -2.44. The Balaban J connectivity index is 1.74. The van der Waals surface area contributed by atoms with Crippen LogP contribution in [0.3, 0.4) is 0 Å². The standard InChI is InChI=1S/C21H30O3/c1-13-4-6-16(23)12-15(13)5-7-17-19-9-8-18(14(2)22)21(19,3)11-10-20(17)24/h12-13,17-19H,4-11H2,1-3H3/t13-,17+,18-,19+,21-/m1/s1. The molecule has 3 nitrogen and oxygen atoms in total. The molecule has 3 aliphatic rings. The number of hydrogen-bond donors (Lipinski definition) is 0. The van der Waals surface area contributed by atoms with Crippen molar-refractivity contribution in [3.05, 3.63) is 11.6 Å². The zero-order valence-electron chi connectivity index (χ0n) is 15.3. The van der Waals surface area contributed by atoms with Gasteiger partial charge in [-0.2, -0.15) is 0 Å². The topological polar surface area (TPSA) is 51.2 Å². The summed E-state index contributed by atoms with van der Waals surface area (Å²) < 4.78 is 0. The van der Waals surface area contributed by atoms with Crippen molar-refractivity contribution in [2.24, 2.45) is 29.1 Å². The Morgan fingerprint density at radius 2 is 1.96 bits per heavy atom. The minimum Gasteiger partial charge on any atom is -0.300 e. The Hall–Kier alpha value is -1.25. The van der Waals surface area contributed by atoms with E-state index in [1.807, 2.05) is 6.08 Å². The number of carbonyl (C=O) groups is 3. The van der Waals surface area contributed by atoms with Crippen molar-refractivity contribution >= 4 is 17.3 Å². The minimum atomic E-state index is 0.00674. The maximum Gasteiger partial charge on any atom is 0.155 e. The molecule has 0 heterocycles. The first-order valence-corrected chi connectivity index (χ1v) is 9.59. The van der Waals surface area contributed by atoms with Crippen LogP contribution < -0.4 is 0 Å². The van der Waals surface area contributed by atoms with Crippen molar-refractivity contribution in [2.75, 3.05) is 0 Å². The van der Waals surface area contributed by atoms with Crippen LogP contribution in [0.4, 0.5) is 0 Å². The Morgan fingerprint density at radius 3 is 2.67 bits per heavy atom. The predicted molar refractivity (Wildman–Crippen MR) is 93.5 cm³/mol. The zero-order valence-corrected chi connectivity index (χ0v) is 15.3. The Morgan fingerprint density at radius 1 is 1.21 bits per heavy atom. The summed E-state index contributed by atoms with van der Waals surface area (Å²) >= 11 is 0. The van der Waals surface area contributed by atoms with Crippen molar-refractivity contribution in [2.45, 2.75) is 72.1 Å². The lowest BCUT2D eigenvalue weighted by molar-refractivity contribution is -0.135. The Kier molecular flexibility index (Phi) is 4.81. The molecule has 0 unspecified atom stereocenters. The van der Waals surface area contributed by atoms with Crippen LogP contribution in [0.15, 0.2) is 11.6 Å². The van der Waals surface area contributed by atoms with Crippen LogP contribution in [0, 0.1) is 29.1 Å². The van der Waals surface area contributed by atoms with Crippen LogP contribution in [0.25, 0.3) is 0 Å². The van der Waals surface area contributed by atoms with E-state index in [4.69, 9.17) is 0 Å². The number of rotatable bonds is 4. The minimum absolute atomic E-state index is 0.00674. The molecule has 3 rings (SSSR count). The fraction of sp³-hybridized carbons (Fsp3) is 0.762. The van der Waals surface area contributed by atoms with Crippen molar-refractivity contribution in [1.82, 2.24) is 0 Å². The second-order valence-corrected chi connectivity index (χ2v) is 8.59. The molecule has 5 atom stereocenters. The Labute approximate surface area is 145 Å². The molecule has 3 heteroatoms. The summed E-state index contributed by atoms with van der Waals surface area (Å²) in [5.74, 6) is 1.94. The average molecular weight is 330 g/mol. The molecule has 0 amide bonds. The maximum absolute atomic E-state index is 12.6. The molecule has 0 radical (unpaired) electrons. The van der Waals surface area contributed by atoms with Gasteiger partial charge in [-0.1, -0.05) is 19.4 Å². The predicted octanol–water partition coefficient (Wildman–Crippen LogP) is 4.29. The van der Waals surface area contributed by atoms with Crippen LogP contribution in [0.2, 0.25) is 0 Å². The van der Waals surface area contributed by atoms with Crippen LogP contribution in [0.5, 0.6) is 0 Å². The number of Topliss-reactive ketones (excluding diaryl/α,β-unsaturated/α-hetero) is 2. The first kappa shape index (κ1) is 17.6. The van der Waals surface area contributed by atoms with Gasteiger partial charge in [0.1, 0.15) is 11.6 Å². The summed E-state index contributed by atoms with van der Waals surface area (Å²) in [6, 6.07) is 0. The summed E-state index contributed by atoms with van der Waals surface area (Å²) in [6.45, 7) is 6.14. The van der Waals surface area contributed by atoms with Crippen LogP contribution in [0.1, 0.15) is 72.1 Å². The van der Waals surface area contributed by atoms with Crippen LogP contribution in [-0.2, 0) is 14.4 Å². The molecule has 0 N–H and O–H groups in total. The van der Waals surface area contributed by atoms with E-state index in [0.29, 0.717) is 36.2 Å². The quantitative estimate of drug-likeness (QED) is 0.772. The molecule has 0 aromatic heterocycles. The molecule has 2 fully saturated rings. The van der Waals surface area contributed by atoms with E-state index < -0.39 is 0 Å². The van der Waals surface area contributed by atoms with Gasteiger partial charge in [0.05, 0.1) is 0 Å². The maximum atomic E-state index is 12.6.